The third kappa shape index (κ3) is 3.77. The van der Waals surface area contributed by atoms with E-state index in [9.17, 15) is 19.5 Å². The Balaban J connectivity index is 2.03. The average molecular weight is 445 g/mol. The number of carbonyl (C=O) groups excluding carboxylic acids is 3. The fourth-order valence-corrected chi connectivity index (χ4v) is 3.15. The summed E-state index contributed by atoms with van der Waals surface area (Å²) >= 11 is 3.22. The smallest absolute Gasteiger partial charge is 0.335 e. The van der Waals surface area contributed by atoms with Gasteiger partial charge in [0.15, 0.2) is 11.5 Å². The van der Waals surface area contributed by atoms with Crippen LogP contribution in [0.25, 0.3) is 6.08 Å². The predicted molar refractivity (Wildman–Crippen MR) is 107 cm³/mol. The Morgan fingerprint density at radius 3 is 2.50 bits per heavy atom. The number of ether oxygens (including phenoxy) is 1. The normalized spacial score (nSPS) is 15.8. The van der Waals surface area contributed by atoms with Crippen LogP contribution in [0.3, 0.4) is 0 Å². The van der Waals surface area contributed by atoms with E-state index in [2.05, 4.69) is 21.2 Å². The van der Waals surface area contributed by atoms with Crippen LogP contribution in [0.1, 0.15) is 18.1 Å². The van der Waals surface area contributed by atoms with Crippen molar-refractivity contribution in [1.29, 1.82) is 0 Å². The fourth-order valence-electron chi connectivity index (χ4n) is 2.70. The quantitative estimate of drug-likeness (QED) is 0.555. The summed E-state index contributed by atoms with van der Waals surface area (Å²) in [5, 5.41) is 12.2. The SMILES string of the molecule is CCOc1cc(/C=C2\C(=O)NC(=O)N(c3ccc(C)cc3)C2=O)cc(Br)c1O. The van der Waals surface area contributed by atoms with E-state index in [0.717, 1.165) is 10.5 Å². The van der Waals surface area contributed by atoms with Crippen molar-refractivity contribution in [3.63, 3.8) is 0 Å². The van der Waals surface area contributed by atoms with Gasteiger partial charge in [0.05, 0.1) is 16.8 Å². The van der Waals surface area contributed by atoms with E-state index >= 15 is 0 Å². The molecule has 8 heteroatoms. The van der Waals surface area contributed by atoms with Crippen LogP contribution in [0.5, 0.6) is 11.5 Å². The van der Waals surface area contributed by atoms with Crippen LogP contribution in [0.4, 0.5) is 10.5 Å². The van der Waals surface area contributed by atoms with Crippen molar-refractivity contribution in [1.82, 2.24) is 5.32 Å². The number of aryl methyl sites for hydroxylation is 1. The van der Waals surface area contributed by atoms with Gasteiger partial charge < -0.3 is 9.84 Å². The van der Waals surface area contributed by atoms with Crippen LogP contribution in [0.2, 0.25) is 0 Å². The first kappa shape index (κ1) is 19.6. The number of phenols is 1. The maximum absolute atomic E-state index is 12.9. The molecular weight excluding hydrogens is 428 g/mol. The fraction of sp³-hybridized carbons (Fsp3) is 0.150. The Morgan fingerprint density at radius 1 is 1.18 bits per heavy atom. The summed E-state index contributed by atoms with van der Waals surface area (Å²) in [6.45, 7) is 3.98. The maximum Gasteiger partial charge on any atom is 0.335 e. The van der Waals surface area contributed by atoms with Crippen molar-refractivity contribution in [2.24, 2.45) is 0 Å². The number of benzene rings is 2. The van der Waals surface area contributed by atoms with E-state index in [-0.39, 0.29) is 17.1 Å². The zero-order chi connectivity index (χ0) is 20.4. The minimum absolute atomic E-state index is 0.0834. The van der Waals surface area contributed by atoms with E-state index in [1.807, 2.05) is 6.92 Å². The number of imide groups is 2. The van der Waals surface area contributed by atoms with Crippen LogP contribution in [0, 0.1) is 6.92 Å². The molecule has 2 aromatic carbocycles. The molecule has 7 nitrogen and oxygen atoms in total. The van der Waals surface area contributed by atoms with E-state index < -0.39 is 17.8 Å². The number of halogens is 1. The minimum atomic E-state index is -0.808. The first-order valence-electron chi connectivity index (χ1n) is 8.45. The highest BCUT2D eigenvalue weighted by atomic mass is 79.9. The number of nitrogens with one attached hydrogen (secondary N) is 1. The van der Waals surface area contributed by atoms with Gasteiger partial charge in [-0.3, -0.25) is 14.9 Å². The van der Waals surface area contributed by atoms with Crippen LogP contribution < -0.4 is 15.0 Å². The van der Waals surface area contributed by atoms with Gasteiger partial charge in [0.2, 0.25) is 0 Å². The molecule has 0 atom stereocenters. The van der Waals surface area contributed by atoms with Gasteiger partial charge in [0.25, 0.3) is 11.8 Å². The molecule has 0 aromatic heterocycles. The van der Waals surface area contributed by atoms with Crippen LogP contribution in [-0.4, -0.2) is 29.6 Å². The minimum Gasteiger partial charge on any atom is -0.503 e. The summed E-state index contributed by atoms with van der Waals surface area (Å²) in [6, 6.07) is 9.03. The molecule has 0 aliphatic carbocycles. The molecular formula is C20H17BrN2O5. The lowest BCUT2D eigenvalue weighted by Crippen LogP contribution is -2.54. The average Bonchev–Trinajstić information content (AvgIpc) is 2.64. The molecule has 0 unspecified atom stereocenters. The molecule has 1 saturated heterocycles. The topological polar surface area (TPSA) is 95.9 Å². The van der Waals surface area contributed by atoms with Gasteiger partial charge in [-0.25, -0.2) is 9.69 Å². The molecule has 28 heavy (non-hydrogen) atoms. The number of amides is 4. The summed E-state index contributed by atoms with van der Waals surface area (Å²) < 4.78 is 5.71. The Bertz CT molecular complexity index is 998. The summed E-state index contributed by atoms with van der Waals surface area (Å²) in [7, 11) is 0. The standard InChI is InChI=1S/C20H17BrN2O5/c1-3-28-16-10-12(9-15(21)17(16)24)8-14-18(25)22-20(27)23(19(14)26)13-6-4-11(2)5-7-13/h4-10,24H,3H2,1-2H3,(H,22,25,27)/b14-8+. The number of nitrogens with zero attached hydrogens (tertiary/aromatic N) is 1. The number of aromatic hydroxyl groups is 1. The van der Waals surface area contributed by atoms with Crippen molar-refractivity contribution in [2.75, 3.05) is 11.5 Å². The van der Waals surface area contributed by atoms with Crippen LogP contribution in [-0.2, 0) is 9.59 Å². The lowest BCUT2D eigenvalue weighted by Gasteiger charge is -2.26. The Hall–Kier alpha value is -3.13. The Labute approximate surface area is 169 Å². The van der Waals surface area contributed by atoms with E-state index in [1.54, 1.807) is 31.2 Å². The van der Waals surface area contributed by atoms with Gasteiger partial charge in [-0.05, 0) is 65.7 Å². The number of phenolic OH excluding ortho intramolecular Hbond substituents is 1. The second kappa shape index (κ2) is 7.85. The molecule has 2 N–H and O–H groups in total. The van der Waals surface area contributed by atoms with Gasteiger partial charge in [0, 0.05) is 0 Å². The second-order valence-corrected chi connectivity index (χ2v) is 6.93. The Morgan fingerprint density at radius 2 is 1.86 bits per heavy atom. The van der Waals surface area contributed by atoms with Crippen molar-refractivity contribution >= 4 is 45.5 Å². The first-order valence-corrected chi connectivity index (χ1v) is 9.24. The van der Waals surface area contributed by atoms with E-state index in [0.29, 0.717) is 22.3 Å². The summed E-state index contributed by atoms with van der Waals surface area (Å²) in [5.74, 6) is -1.40. The molecule has 3 rings (SSSR count). The first-order chi connectivity index (χ1) is 13.3. The highest BCUT2D eigenvalue weighted by molar-refractivity contribution is 9.10. The number of urea groups is 1. The zero-order valence-electron chi connectivity index (χ0n) is 15.2. The van der Waals surface area contributed by atoms with Crippen molar-refractivity contribution in [2.45, 2.75) is 13.8 Å². The monoisotopic (exact) mass is 444 g/mol. The van der Waals surface area contributed by atoms with Gasteiger partial charge in [-0.1, -0.05) is 17.7 Å². The summed E-state index contributed by atoms with van der Waals surface area (Å²) in [5.41, 5.74) is 1.57. The lowest BCUT2D eigenvalue weighted by molar-refractivity contribution is -0.122. The molecule has 0 radical (unpaired) electrons. The van der Waals surface area contributed by atoms with E-state index in [4.69, 9.17) is 4.74 Å². The summed E-state index contributed by atoms with van der Waals surface area (Å²) in [6.07, 6.45) is 1.35. The van der Waals surface area contributed by atoms with Crippen molar-refractivity contribution in [3.8, 4) is 11.5 Å². The van der Waals surface area contributed by atoms with Crippen LogP contribution in [0.15, 0.2) is 46.4 Å². The number of carbonyl (C=O) groups is 3. The predicted octanol–water partition coefficient (Wildman–Crippen LogP) is 3.53. The zero-order valence-corrected chi connectivity index (χ0v) is 16.7. The molecule has 4 amide bonds. The van der Waals surface area contributed by atoms with Gasteiger partial charge in [0.1, 0.15) is 5.57 Å². The van der Waals surface area contributed by atoms with Gasteiger partial charge in [-0.15, -0.1) is 0 Å². The van der Waals surface area contributed by atoms with Gasteiger partial charge >= 0.3 is 6.03 Å². The number of hydrogen-bond donors (Lipinski definition) is 2. The molecule has 0 bridgehead atoms. The lowest BCUT2D eigenvalue weighted by atomic mass is 10.1. The highest BCUT2D eigenvalue weighted by Crippen LogP contribution is 2.36. The number of hydrogen-bond acceptors (Lipinski definition) is 5. The summed E-state index contributed by atoms with van der Waals surface area (Å²) in [4.78, 5) is 38.3. The molecule has 1 aliphatic heterocycles. The Kier molecular flexibility index (Phi) is 5.51. The molecule has 0 spiro atoms. The maximum atomic E-state index is 12.9. The number of anilines is 1. The molecule has 144 valence electrons. The van der Waals surface area contributed by atoms with E-state index in [1.165, 1.54) is 18.2 Å². The number of rotatable bonds is 4. The third-order valence-electron chi connectivity index (χ3n) is 4.06. The molecule has 1 fully saturated rings. The van der Waals surface area contributed by atoms with Crippen LogP contribution >= 0.6 is 15.9 Å². The van der Waals surface area contributed by atoms with Crippen molar-refractivity contribution < 1.29 is 24.2 Å². The highest BCUT2D eigenvalue weighted by Gasteiger charge is 2.36. The van der Waals surface area contributed by atoms with Crippen molar-refractivity contribution in [3.05, 3.63) is 57.6 Å². The molecule has 1 heterocycles. The second-order valence-electron chi connectivity index (χ2n) is 6.08. The molecule has 2 aromatic rings. The molecule has 0 saturated carbocycles. The van der Waals surface area contributed by atoms with Gasteiger partial charge in [-0.2, -0.15) is 0 Å². The third-order valence-corrected chi connectivity index (χ3v) is 4.66. The largest absolute Gasteiger partial charge is 0.503 e. The number of barbiturate groups is 1. The molecule has 1 aliphatic rings.